The Morgan fingerprint density at radius 3 is 2.58 bits per heavy atom. The number of aromatic nitrogens is 1. The van der Waals surface area contributed by atoms with Gasteiger partial charge in [-0.15, -0.1) is 0 Å². The summed E-state index contributed by atoms with van der Waals surface area (Å²) in [5.41, 5.74) is 0.933. The molecule has 0 radical (unpaired) electrons. The minimum Gasteiger partial charge on any atom is -0.508 e. The van der Waals surface area contributed by atoms with Crippen molar-refractivity contribution in [1.82, 2.24) is 9.71 Å². The van der Waals surface area contributed by atoms with Crippen LogP contribution in [0.1, 0.15) is 5.56 Å². The first kappa shape index (κ1) is 14.3. The molecule has 2 N–H and O–H groups in total. The van der Waals surface area contributed by atoms with Crippen LogP contribution < -0.4 is 4.72 Å². The van der Waals surface area contributed by atoms with Crippen LogP contribution in [0, 0.1) is 0 Å². The van der Waals surface area contributed by atoms with E-state index in [9.17, 15) is 8.42 Å². The summed E-state index contributed by atoms with van der Waals surface area (Å²) in [6, 6.07) is 6.61. The van der Waals surface area contributed by atoms with E-state index in [0.29, 0.717) is 6.42 Å². The van der Waals surface area contributed by atoms with Crippen molar-refractivity contribution in [3.63, 3.8) is 0 Å². The number of hydrogen-bond donors (Lipinski definition) is 2. The molecule has 0 bridgehead atoms. The summed E-state index contributed by atoms with van der Waals surface area (Å²) in [6.45, 7) is 0.266. The van der Waals surface area contributed by atoms with E-state index in [1.807, 2.05) is 0 Å². The summed E-state index contributed by atoms with van der Waals surface area (Å²) < 4.78 is 26.5. The summed E-state index contributed by atoms with van der Waals surface area (Å²) in [5, 5.41) is 9.13. The van der Waals surface area contributed by atoms with Gasteiger partial charge in [0.05, 0.1) is 6.20 Å². The SMILES string of the molecule is O=S(=O)(NCCc1ccc(O)cc1)c1cnc(Cl)s1. The average molecular weight is 319 g/mol. The summed E-state index contributed by atoms with van der Waals surface area (Å²) in [4.78, 5) is 3.70. The van der Waals surface area contributed by atoms with Gasteiger partial charge in [0.1, 0.15) is 5.75 Å². The predicted molar refractivity (Wildman–Crippen MR) is 74.1 cm³/mol. The van der Waals surface area contributed by atoms with E-state index in [4.69, 9.17) is 16.7 Å². The standard InChI is InChI=1S/C11H11ClN2O3S2/c12-11-13-7-10(18-11)19(16,17)14-6-5-8-1-3-9(15)4-2-8/h1-4,7,14-15H,5-6H2. The van der Waals surface area contributed by atoms with Gasteiger partial charge in [0.2, 0.25) is 0 Å². The maximum atomic E-state index is 11.9. The van der Waals surface area contributed by atoms with Crippen LogP contribution >= 0.6 is 22.9 Å². The Labute approximate surface area is 119 Å². The molecule has 0 atom stereocenters. The number of rotatable bonds is 5. The van der Waals surface area contributed by atoms with Gasteiger partial charge in [-0.05, 0) is 24.1 Å². The van der Waals surface area contributed by atoms with Crippen molar-refractivity contribution >= 4 is 33.0 Å². The number of hydrogen-bond acceptors (Lipinski definition) is 5. The molecule has 0 saturated carbocycles. The van der Waals surface area contributed by atoms with Gasteiger partial charge in [-0.25, -0.2) is 18.1 Å². The van der Waals surface area contributed by atoms with Gasteiger partial charge in [-0.2, -0.15) is 0 Å². The lowest BCUT2D eigenvalue weighted by Crippen LogP contribution is -2.25. The zero-order valence-corrected chi connectivity index (χ0v) is 12.1. The number of nitrogens with zero attached hydrogens (tertiary/aromatic N) is 1. The third-order valence-electron chi connectivity index (χ3n) is 2.36. The first-order chi connectivity index (χ1) is 8.97. The van der Waals surface area contributed by atoms with Crippen LogP contribution in [0.15, 0.2) is 34.7 Å². The van der Waals surface area contributed by atoms with Crippen molar-refractivity contribution in [2.45, 2.75) is 10.6 Å². The molecule has 0 saturated heterocycles. The first-order valence-corrected chi connectivity index (χ1v) is 8.04. The number of halogens is 1. The van der Waals surface area contributed by atoms with E-state index < -0.39 is 10.0 Å². The second kappa shape index (κ2) is 5.87. The highest BCUT2D eigenvalue weighted by atomic mass is 35.5. The smallest absolute Gasteiger partial charge is 0.251 e. The molecule has 1 aromatic carbocycles. The van der Waals surface area contributed by atoms with E-state index >= 15 is 0 Å². The molecule has 19 heavy (non-hydrogen) atoms. The molecule has 5 nitrogen and oxygen atoms in total. The zero-order chi connectivity index (χ0) is 13.9. The summed E-state index contributed by atoms with van der Waals surface area (Å²) in [6.07, 6.45) is 1.77. The third kappa shape index (κ3) is 3.90. The van der Waals surface area contributed by atoms with E-state index in [1.54, 1.807) is 24.3 Å². The van der Waals surface area contributed by atoms with Crippen molar-refractivity contribution in [3.05, 3.63) is 40.5 Å². The highest BCUT2D eigenvalue weighted by Crippen LogP contribution is 2.22. The molecule has 0 aliphatic heterocycles. The maximum absolute atomic E-state index is 11.9. The van der Waals surface area contributed by atoms with E-state index in [0.717, 1.165) is 16.9 Å². The van der Waals surface area contributed by atoms with Crippen LogP contribution in [-0.2, 0) is 16.4 Å². The Morgan fingerprint density at radius 2 is 2.00 bits per heavy atom. The van der Waals surface area contributed by atoms with E-state index in [-0.39, 0.29) is 21.0 Å². The molecule has 1 heterocycles. The molecule has 2 aromatic rings. The maximum Gasteiger partial charge on any atom is 0.251 e. The Hall–Kier alpha value is -1.15. The number of phenols is 1. The van der Waals surface area contributed by atoms with Crippen LogP contribution in [0.5, 0.6) is 5.75 Å². The Balaban J connectivity index is 1.93. The predicted octanol–water partition coefficient (Wildman–Crippen LogP) is 2.02. The molecule has 0 fully saturated rings. The number of aromatic hydroxyl groups is 1. The molecule has 1 aromatic heterocycles. The lowest BCUT2D eigenvalue weighted by Gasteiger charge is -2.04. The van der Waals surface area contributed by atoms with Gasteiger partial charge in [0.25, 0.3) is 10.0 Å². The van der Waals surface area contributed by atoms with Gasteiger partial charge < -0.3 is 5.11 Å². The fraction of sp³-hybridized carbons (Fsp3) is 0.182. The zero-order valence-electron chi connectivity index (χ0n) is 9.71. The summed E-state index contributed by atoms with van der Waals surface area (Å²) in [5.74, 6) is 0.184. The quantitative estimate of drug-likeness (QED) is 0.884. The van der Waals surface area contributed by atoms with Crippen LogP contribution in [0.2, 0.25) is 4.47 Å². The summed E-state index contributed by atoms with van der Waals surface area (Å²) >= 11 is 6.52. The lowest BCUT2D eigenvalue weighted by atomic mass is 10.1. The number of nitrogens with one attached hydrogen (secondary N) is 1. The van der Waals surface area contributed by atoms with Crippen molar-refractivity contribution in [2.75, 3.05) is 6.54 Å². The highest BCUT2D eigenvalue weighted by Gasteiger charge is 2.16. The largest absolute Gasteiger partial charge is 0.508 e. The number of phenolic OH excluding ortho intramolecular Hbond substituents is 1. The van der Waals surface area contributed by atoms with Gasteiger partial charge >= 0.3 is 0 Å². The van der Waals surface area contributed by atoms with Crippen molar-refractivity contribution in [2.24, 2.45) is 0 Å². The van der Waals surface area contributed by atoms with E-state index in [2.05, 4.69) is 9.71 Å². The molecule has 0 spiro atoms. The van der Waals surface area contributed by atoms with Crippen LogP contribution in [-0.4, -0.2) is 25.1 Å². The van der Waals surface area contributed by atoms with E-state index in [1.165, 1.54) is 6.20 Å². The Bertz CT molecular complexity index is 653. The molecule has 0 amide bonds. The average Bonchev–Trinajstić information content (AvgIpc) is 2.79. The minimum absolute atomic E-state index is 0.100. The molecule has 8 heteroatoms. The first-order valence-electron chi connectivity index (χ1n) is 5.36. The highest BCUT2D eigenvalue weighted by molar-refractivity contribution is 7.91. The molecule has 0 aliphatic rings. The van der Waals surface area contributed by atoms with Gasteiger partial charge in [-0.3, -0.25) is 0 Å². The van der Waals surface area contributed by atoms with Gasteiger partial charge in [0, 0.05) is 6.54 Å². The molecule has 102 valence electrons. The van der Waals surface area contributed by atoms with Crippen molar-refractivity contribution < 1.29 is 13.5 Å². The fourth-order valence-electron chi connectivity index (χ4n) is 1.43. The number of thiazole rings is 1. The van der Waals surface area contributed by atoms with Crippen molar-refractivity contribution in [3.8, 4) is 5.75 Å². The van der Waals surface area contributed by atoms with Crippen LogP contribution in [0.25, 0.3) is 0 Å². The third-order valence-corrected chi connectivity index (χ3v) is 5.40. The number of benzene rings is 1. The van der Waals surface area contributed by atoms with Crippen molar-refractivity contribution in [1.29, 1.82) is 0 Å². The molecular formula is C11H11ClN2O3S2. The van der Waals surface area contributed by atoms with Gasteiger partial charge in [0.15, 0.2) is 8.68 Å². The monoisotopic (exact) mass is 318 g/mol. The Kier molecular flexibility index (Phi) is 4.41. The topological polar surface area (TPSA) is 79.3 Å². The molecule has 0 aliphatic carbocycles. The molecule has 2 rings (SSSR count). The van der Waals surface area contributed by atoms with Gasteiger partial charge in [-0.1, -0.05) is 35.1 Å². The second-order valence-corrected chi connectivity index (χ2v) is 7.35. The summed E-state index contributed by atoms with van der Waals surface area (Å²) in [7, 11) is -3.55. The number of sulfonamides is 1. The molecular weight excluding hydrogens is 308 g/mol. The normalized spacial score (nSPS) is 11.6. The lowest BCUT2D eigenvalue weighted by molar-refractivity contribution is 0.475. The Morgan fingerprint density at radius 1 is 1.32 bits per heavy atom. The van der Waals surface area contributed by atoms with Crippen LogP contribution in [0.3, 0.4) is 0 Å². The van der Waals surface area contributed by atoms with Crippen LogP contribution in [0.4, 0.5) is 0 Å². The fourth-order valence-corrected chi connectivity index (χ4v) is 3.80. The second-order valence-electron chi connectivity index (χ2n) is 3.75. The minimum atomic E-state index is -3.55. The molecule has 0 unspecified atom stereocenters.